The molecule has 1 aliphatic rings. The van der Waals surface area contributed by atoms with Gasteiger partial charge >= 0.3 is 0 Å². The SMILES string of the molecule is CC(C)(Oc1ccccc1Cl)C(=O)N1CCC(c2nc(C(=O)NNC(=O)c3ccccn3)cs2)CC1. The molecule has 11 heteroatoms. The predicted molar refractivity (Wildman–Crippen MR) is 136 cm³/mol. The van der Waals surface area contributed by atoms with Crippen LogP contribution in [0.3, 0.4) is 0 Å². The van der Waals surface area contributed by atoms with Crippen LogP contribution in [0.25, 0.3) is 0 Å². The lowest BCUT2D eigenvalue weighted by Crippen LogP contribution is -2.51. The van der Waals surface area contributed by atoms with Gasteiger partial charge in [-0.3, -0.25) is 30.2 Å². The van der Waals surface area contributed by atoms with E-state index < -0.39 is 17.4 Å². The van der Waals surface area contributed by atoms with Gasteiger partial charge in [-0.25, -0.2) is 4.98 Å². The van der Waals surface area contributed by atoms with Crippen LogP contribution < -0.4 is 15.6 Å². The maximum atomic E-state index is 13.2. The van der Waals surface area contributed by atoms with E-state index in [1.807, 2.05) is 6.07 Å². The van der Waals surface area contributed by atoms with Crippen molar-refractivity contribution in [2.75, 3.05) is 13.1 Å². The summed E-state index contributed by atoms with van der Waals surface area (Å²) in [5.74, 6) is -0.525. The van der Waals surface area contributed by atoms with Crippen LogP contribution in [0.4, 0.5) is 0 Å². The van der Waals surface area contributed by atoms with Gasteiger partial charge in [0.1, 0.15) is 17.1 Å². The Morgan fingerprint density at radius 2 is 1.69 bits per heavy atom. The molecule has 0 unspecified atom stereocenters. The van der Waals surface area contributed by atoms with E-state index in [2.05, 4.69) is 20.8 Å². The summed E-state index contributed by atoms with van der Waals surface area (Å²) < 4.78 is 5.95. The van der Waals surface area contributed by atoms with E-state index in [4.69, 9.17) is 16.3 Å². The Morgan fingerprint density at radius 1 is 1.03 bits per heavy atom. The molecule has 2 aromatic heterocycles. The number of rotatable bonds is 6. The van der Waals surface area contributed by atoms with E-state index in [-0.39, 0.29) is 23.2 Å². The highest BCUT2D eigenvalue weighted by Crippen LogP contribution is 2.33. The number of piperidine rings is 1. The number of amides is 3. The lowest BCUT2D eigenvalue weighted by molar-refractivity contribution is -0.146. The average Bonchev–Trinajstić information content (AvgIpc) is 3.39. The second-order valence-electron chi connectivity index (χ2n) is 8.80. The quantitative estimate of drug-likeness (QED) is 0.471. The number of nitrogens with one attached hydrogen (secondary N) is 2. The van der Waals surface area contributed by atoms with Crippen molar-refractivity contribution in [3.63, 3.8) is 0 Å². The predicted octanol–water partition coefficient (Wildman–Crippen LogP) is 3.83. The molecule has 0 saturated carbocycles. The Hall–Kier alpha value is -3.50. The first-order valence-electron chi connectivity index (χ1n) is 11.4. The molecule has 2 N–H and O–H groups in total. The van der Waals surface area contributed by atoms with Gasteiger partial charge in [0, 0.05) is 30.6 Å². The lowest BCUT2D eigenvalue weighted by atomic mass is 9.96. The minimum Gasteiger partial charge on any atom is -0.476 e. The molecule has 36 heavy (non-hydrogen) atoms. The summed E-state index contributed by atoms with van der Waals surface area (Å²) in [7, 11) is 0. The highest BCUT2D eigenvalue weighted by atomic mass is 35.5. The zero-order valence-corrected chi connectivity index (χ0v) is 21.4. The Kier molecular flexibility index (Phi) is 7.85. The van der Waals surface area contributed by atoms with Crippen molar-refractivity contribution in [2.45, 2.75) is 38.2 Å². The number of hydrogen-bond acceptors (Lipinski definition) is 7. The maximum Gasteiger partial charge on any atom is 0.289 e. The molecule has 3 aromatic rings. The number of likely N-dealkylation sites (tertiary alicyclic amines) is 1. The number of thiazole rings is 1. The van der Waals surface area contributed by atoms with E-state index in [0.29, 0.717) is 23.9 Å². The molecule has 3 amide bonds. The molecular weight excluding hydrogens is 502 g/mol. The fourth-order valence-corrected chi connectivity index (χ4v) is 5.02. The number of hydrogen-bond donors (Lipinski definition) is 2. The number of carbonyl (C=O) groups excluding carboxylic acids is 3. The third-order valence-electron chi connectivity index (χ3n) is 5.79. The fraction of sp³-hybridized carbons (Fsp3) is 0.320. The van der Waals surface area contributed by atoms with E-state index in [1.54, 1.807) is 60.5 Å². The van der Waals surface area contributed by atoms with Gasteiger partial charge in [-0.2, -0.15) is 0 Å². The molecule has 0 spiro atoms. The lowest BCUT2D eigenvalue weighted by Gasteiger charge is -2.36. The molecule has 1 fully saturated rings. The molecule has 0 atom stereocenters. The summed E-state index contributed by atoms with van der Waals surface area (Å²) in [6.07, 6.45) is 2.94. The number of nitrogens with zero attached hydrogens (tertiary/aromatic N) is 3. The first kappa shape index (κ1) is 25.6. The van der Waals surface area contributed by atoms with Gasteiger partial charge in [0.15, 0.2) is 5.60 Å². The highest BCUT2D eigenvalue weighted by molar-refractivity contribution is 7.09. The Bertz CT molecular complexity index is 1240. The smallest absolute Gasteiger partial charge is 0.289 e. The second-order valence-corrected chi connectivity index (χ2v) is 10.1. The van der Waals surface area contributed by atoms with Crippen LogP contribution in [-0.2, 0) is 4.79 Å². The number of hydrazine groups is 1. The van der Waals surface area contributed by atoms with Gasteiger partial charge in [0.2, 0.25) is 0 Å². The summed E-state index contributed by atoms with van der Waals surface area (Å²) >= 11 is 7.58. The molecule has 1 aromatic carbocycles. The first-order valence-corrected chi connectivity index (χ1v) is 12.7. The fourth-order valence-electron chi connectivity index (χ4n) is 3.87. The van der Waals surface area contributed by atoms with Crippen molar-refractivity contribution in [1.82, 2.24) is 25.7 Å². The van der Waals surface area contributed by atoms with Crippen molar-refractivity contribution >= 4 is 40.7 Å². The summed E-state index contributed by atoms with van der Waals surface area (Å²) in [4.78, 5) is 47.8. The van der Waals surface area contributed by atoms with Gasteiger partial charge in [-0.1, -0.05) is 29.8 Å². The summed E-state index contributed by atoms with van der Waals surface area (Å²) in [5, 5.41) is 2.95. The van der Waals surface area contributed by atoms with Crippen LogP contribution in [0.15, 0.2) is 54.0 Å². The third-order valence-corrected chi connectivity index (χ3v) is 7.11. The molecule has 1 aliphatic heterocycles. The van der Waals surface area contributed by atoms with Gasteiger partial charge in [-0.05, 0) is 51.0 Å². The van der Waals surface area contributed by atoms with Crippen molar-refractivity contribution in [3.05, 3.63) is 75.5 Å². The minimum absolute atomic E-state index is 0.108. The normalized spacial score (nSPS) is 14.2. The van der Waals surface area contributed by atoms with Gasteiger partial charge in [0.25, 0.3) is 17.7 Å². The number of ether oxygens (including phenoxy) is 1. The molecule has 3 heterocycles. The van der Waals surface area contributed by atoms with Crippen molar-refractivity contribution in [1.29, 1.82) is 0 Å². The van der Waals surface area contributed by atoms with E-state index in [1.165, 1.54) is 17.5 Å². The standard InChI is InChI=1S/C25H26ClN5O4S/c1-25(2,35-20-9-4-3-7-17(20)26)24(34)31-13-10-16(11-14-31)23-28-19(15-36-23)22(33)30-29-21(32)18-8-5-6-12-27-18/h3-9,12,15-16H,10-11,13-14H2,1-2H3,(H,29,32)(H,30,33). The number of benzene rings is 1. The van der Waals surface area contributed by atoms with Crippen LogP contribution >= 0.6 is 22.9 Å². The van der Waals surface area contributed by atoms with Gasteiger partial charge < -0.3 is 9.64 Å². The van der Waals surface area contributed by atoms with E-state index in [9.17, 15) is 14.4 Å². The Morgan fingerprint density at radius 3 is 2.36 bits per heavy atom. The van der Waals surface area contributed by atoms with Crippen LogP contribution in [0.1, 0.15) is 58.6 Å². The summed E-state index contributed by atoms with van der Waals surface area (Å²) in [6.45, 7) is 4.59. The molecule has 4 rings (SSSR count). The van der Waals surface area contributed by atoms with Crippen molar-refractivity contribution in [2.24, 2.45) is 0 Å². The average molecular weight is 528 g/mol. The molecule has 188 valence electrons. The first-order chi connectivity index (χ1) is 17.2. The van der Waals surface area contributed by atoms with Crippen LogP contribution in [0.5, 0.6) is 5.75 Å². The maximum absolute atomic E-state index is 13.2. The number of pyridine rings is 1. The van der Waals surface area contributed by atoms with Gasteiger partial charge in [-0.15, -0.1) is 11.3 Å². The molecule has 0 bridgehead atoms. The Balaban J connectivity index is 1.29. The van der Waals surface area contributed by atoms with Crippen LogP contribution in [0, 0.1) is 0 Å². The van der Waals surface area contributed by atoms with Crippen molar-refractivity contribution in [3.8, 4) is 5.75 Å². The topological polar surface area (TPSA) is 114 Å². The second kappa shape index (κ2) is 11.0. The number of carbonyl (C=O) groups is 3. The molecule has 0 aliphatic carbocycles. The summed E-state index contributed by atoms with van der Waals surface area (Å²) in [5.41, 5.74) is 4.06. The third kappa shape index (κ3) is 6.00. The number of aromatic nitrogens is 2. The number of para-hydroxylation sites is 1. The zero-order valence-electron chi connectivity index (χ0n) is 19.9. The van der Waals surface area contributed by atoms with E-state index >= 15 is 0 Å². The largest absolute Gasteiger partial charge is 0.476 e. The van der Waals surface area contributed by atoms with E-state index in [0.717, 1.165) is 17.8 Å². The minimum atomic E-state index is -1.07. The zero-order chi connectivity index (χ0) is 25.7. The van der Waals surface area contributed by atoms with Crippen molar-refractivity contribution < 1.29 is 19.1 Å². The van der Waals surface area contributed by atoms with Gasteiger partial charge in [0.05, 0.1) is 10.0 Å². The molecular formula is C25H26ClN5O4S. The molecule has 1 saturated heterocycles. The highest BCUT2D eigenvalue weighted by Gasteiger charge is 2.37. The Labute approximate surface area is 217 Å². The number of halogens is 1. The van der Waals surface area contributed by atoms with Crippen LogP contribution in [-0.4, -0.2) is 51.3 Å². The van der Waals surface area contributed by atoms with Crippen LogP contribution in [0.2, 0.25) is 5.02 Å². The molecule has 0 radical (unpaired) electrons. The summed E-state index contributed by atoms with van der Waals surface area (Å²) in [6, 6.07) is 12.0. The monoisotopic (exact) mass is 527 g/mol. The molecule has 9 nitrogen and oxygen atoms in total.